The van der Waals surface area contributed by atoms with Crippen molar-refractivity contribution in [1.29, 1.82) is 0 Å². The fourth-order valence-electron chi connectivity index (χ4n) is 3.51. The SMILES string of the molecule is O=C(NNc1ncnc(N2CCN(Cc3ccccc3)CC2)c1[N+](=O)[O-])c1ccncc1. The normalized spacial score (nSPS) is 14.1. The smallest absolute Gasteiger partial charge is 0.348 e. The predicted octanol–water partition coefficient (Wildman–Crippen LogP) is 1.86. The highest BCUT2D eigenvalue weighted by Crippen LogP contribution is 2.32. The van der Waals surface area contributed by atoms with E-state index in [2.05, 4.69) is 42.8 Å². The molecule has 1 amide bonds. The molecule has 0 spiro atoms. The zero-order valence-corrected chi connectivity index (χ0v) is 17.2. The van der Waals surface area contributed by atoms with E-state index in [-0.39, 0.29) is 17.3 Å². The topological polar surface area (TPSA) is 129 Å². The molecular weight excluding hydrogens is 412 g/mol. The number of hydrogen-bond donors (Lipinski definition) is 2. The van der Waals surface area contributed by atoms with E-state index in [9.17, 15) is 14.9 Å². The number of carbonyl (C=O) groups excluding carboxylic acids is 1. The summed E-state index contributed by atoms with van der Waals surface area (Å²) >= 11 is 0. The van der Waals surface area contributed by atoms with Crippen LogP contribution in [0.3, 0.4) is 0 Å². The number of rotatable bonds is 7. The zero-order chi connectivity index (χ0) is 22.3. The molecule has 1 fully saturated rings. The number of anilines is 2. The van der Waals surface area contributed by atoms with Gasteiger partial charge in [-0.15, -0.1) is 0 Å². The van der Waals surface area contributed by atoms with Gasteiger partial charge in [0.15, 0.2) is 0 Å². The minimum Gasteiger partial charge on any atom is -0.348 e. The number of aromatic nitrogens is 3. The first kappa shape index (κ1) is 21.1. The van der Waals surface area contributed by atoms with E-state index in [1.165, 1.54) is 36.4 Å². The van der Waals surface area contributed by atoms with Gasteiger partial charge in [0.05, 0.1) is 4.92 Å². The molecule has 3 heterocycles. The maximum absolute atomic E-state index is 12.2. The van der Waals surface area contributed by atoms with Crippen LogP contribution in [0.25, 0.3) is 0 Å². The number of hydrogen-bond acceptors (Lipinski definition) is 9. The molecule has 11 nitrogen and oxygen atoms in total. The van der Waals surface area contributed by atoms with Crippen LogP contribution in [0, 0.1) is 10.1 Å². The maximum atomic E-state index is 12.2. The number of hydrazine groups is 1. The molecule has 0 saturated carbocycles. The van der Waals surface area contributed by atoms with Gasteiger partial charge in [-0.1, -0.05) is 30.3 Å². The van der Waals surface area contributed by atoms with Crippen LogP contribution in [0.4, 0.5) is 17.3 Å². The van der Waals surface area contributed by atoms with Gasteiger partial charge in [-0.2, -0.15) is 0 Å². The largest absolute Gasteiger partial charge is 0.355 e. The third-order valence-corrected chi connectivity index (χ3v) is 5.14. The van der Waals surface area contributed by atoms with Crippen molar-refractivity contribution >= 4 is 23.2 Å². The number of nitrogens with one attached hydrogen (secondary N) is 2. The van der Waals surface area contributed by atoms with Crippen LogP contribution in [0.15, 0.2) is 61.2 Å². The number of piperazine rings is 1. The van der Waals surface area contributed by atoms with E-state index in [0.717, 1.165) is 19.6 Å². The summed E-state index contributed by atoms with van der Waals surface area (Å²) in [6, 6.07) is 13.2. The lowest BCUT2D eigenvalue weighted by atomic mass is 10.2. The summed E-state index contributed by atoms with van der Waals surface area (Å²) < 4.78 is 0. The Labute approximate surface area is 184 Å². The molecule has 0 radical (unpaired) electrons. The molecule has 1 aliphatic heterocycles. The standard InChI is InChI=1S/C21H22N8O3/c30-21(17-6-8-22-9-7-17)26-25-19-18(29(31)32)20(24-15-23-19)28-12-10-27(11-13-28)14-16-4-2-1-3-5-16/h1-9,15H,10-14H2,(H,26,30)(H,23,24,25). The summed E-state index contributed by atoms with van der Waals surface area (Å²) in [6.45, 7) is 3.50. The zero-order valence-electron chi connectivity index (χ0n) is 17.2. The summed E-state index contributed by atoms with van der Waals surface area (Å²) in [5, 5.41) is 11.8. The molecule has 0 bridgehead atoms. The molecule has 32 heavy (non-hydrogen) atoms. The highest BCUT2D eigenvalue weighted by Gasteiger charge is 2.29. The lowest BCUT2D eigenvalue weighted by Crippen LogP contribution is -2.46. The molecule has 2 N–H and O–H groups in total. The third kappa shape index (κ3) is 4.95. The first-order valence-electron chi connectivity index (χ1n) is 10.1. The summed E-state index contributed by atoms with van der Waals surface area (Å²) in [6.07, 6.45) is 4.22. The molecule has 1 aromatic carbocycles. The average molecular weight is 434 g/mol. The van der Waals surface area contributed by atoms with E-state index in [0.29, 0.717) is 18.7 Å². The van der Waals surface area contributed by atoms with Gasteiger partial charge in [0, 0.05) is 50.7 Å². The first-order chi connectivity index (χ1) is 15.6. The van der Waals surface area contributed by atoms with E-state index in [1.807, 2.05) is 23.1 Å². The molecule has 0 atom stereocenters. The van der Waals surface area contributed by atoms with E-state index < -0.39 is 10.8 Å². The van der Waals surface area contributed by atoms with Crippen molar-refractivity contribution in [3.63, 3.8) is 0 Å². The third-order valence-electron chi connectivity index (χ3n) is 5.14. The van der Waals surface area contributed by atoms with Crippen LogP contribution in [-0.4, -0.2) is 56.9 Å². The fraction of sp³-hybridized carbons (Fsp3) is 0.238. The van der Waals surface area contributed by atoms with Gasteiger partial charge in [-0.25, -0.2) is 9.97 Å². The Kier molecular flexibility index (Phi) is 6.46. The van der Waals surface area contributed by atoms with E-state index in [1.54, 1.807) is 0 Å². The highest BCUT2D eigenvalue weighted by molar-refractivity contribution is 5.94. The Morgan fingerprint density at radius 3 is 2.44 bits per heavy atom. The van der Waals surface area contributed by atoms with Crippen molar-refractivity contribution in [1.82, 2.24) is 25.3 Å². The van der Waals surface area contributed by atoms with Gasteiger partial charge in [0.2, 0.25) is 11.6 Å². The van der Waals surface area contributed by atoms with Crippen LogP contribution in [0.2, 0.25) is 0 Å². The van der Waals surface area contributed by atoms with Gasteiger partial charge < -0.3 is 4.90 Å². The van der Waals surface area contributed by atoms with E-state index in [4.69, 9.17) is 0 Å². The average Bonchev–Trinajstić information content (AvgIpc) is 2.84. The van der Waals surface area contributed by atoms with Crippen LogP contribution >= 0.6 is 0 Å². The Balaban J connectivity index is 1.44. The van der Waals surface area contributed by atoms with Crippen molar-refractivity contribution in [2.45, 2.75) is 6.54 Å². The van der Waals surface area contributed by atoms with Crippen LogP contribution in [-0.2, 0) is 6.54 Å². The number of nitro groups is 1. The van der Waals surface area contributed by atoms with E-state index >= 15 is 0 Å². The molecule has 0 aliphatic carbocycles. The van der Waals surface area contributed by atoms with Crippen molar-refractivity contribution in [2.24, 2.45) is 0 Å². The van der Waals surface area contributed by atoms with Gasteiger partial charge in [0.25, 0.3) is 5.91 Å². The minimum absolute atomic E-state index is 0.0749. The van der Waals surface area contributed by atoms with Crippen LogP contribution in [0.5, 0.6) is 0 Å². The molecule has 0 unspecified atom stereocenters. The second-order valence-corrected chi connectivity index (χ2v) is 7.22. The van der Waals surface area contributed by atoms with Crippen molar-refractivity contribution in [2.75, 3.05) is 36.5 Å². The molecule has 164 valence electrons. The Morgan fingerprint density at radius 2 is 1.75 bits per heavy atom. The second kappa shape index (κ2) is 9.79. The second-order valence-electron chi connectivity index (χ2n) is 7.22. The summed E-state index contributed by atoms with van der Waals surface area (Å²) in [5.74, 6) is -0.310. The highest BCUT2D eigenvalue weighted by atomic mass is 16.6. The Hall–Kier alpha value is -4.12. The molecule has 1 saturated heterocycles. The van der Waals surface area contributed by atoms with Crippen molar-refractivity contribution in [3.05, 3.63) is 82.4 Å². The Bertz CT molecular complexity index is 1070. The van der Waals surface area contributed by atoms with Crippen molar-refractivity contribution < 1.29 is 9.72 Å². The lowest BCUT2D eigenvalue weighted by Gasteiger charge is -2.35. The minimum atomic E-state index is -0.535. The summed E-state index contributed by atoms with van der Waals surface area (Å²) in [5.41, 5.74) is 6.31. The number of carbonyl (C=O) groups is 1. The summed E-state index contributed by atoms with van der Waals surface area (Å²) in [7, 11) is 0. The van der Waals surface area contributed by atoms with Crippen LogP contribution in [0.1, 0.15) is 15.9 Å². The summed E-state index contributed by atoms with van der Waals surface area (Å²) in [4.78, 5) is 39.7. The number of pyridine rings is 1. The van der Waals surface area contributed by atoms with Gasteiger partial charge in [-0.05, 0) is 17.7 Å². The quantitative estimate of drug-likeness (QED) is 0.423. The molecule has 11 heteroatoms. The molecule has 3 aromatic rings. The number of amides is 1. The van der Waals surface area contributed by atoms with Gasteiger partial charge >= 0.3 is 5.69 Å². The fourth-order valence-corrected chi connectivity index (χ4v) is 3.51. The molecule has 1 aliphatic rings. The monoisotopic (exact) mass is 434 g/mol. The predicted molar refractivity (Wildman–Crippen MR) is 118 cm³/mol. The number of nitrogens with zero attached hydrogens (tertiary/aromatic N) is 6. The Morgan fingerprint density at radius 1 is 1.03 bits per heavy atom. The maximum Gasteiger partial charge on any atom is 0.355 e. The van der Waals surface area contributed by atoms with Crippen molar-refractivity contribution in [3.8, 4) is 0 Å². The van der Waals surface area contributed by atoms with Crippen LogP contribution < -0.4 is 15.8 Å². The first-order valence-corrected chi connectivity index (χ1v) is 10.1. The molecule has 4 rings (SSSR count). The lowest BCUT2D eigenvalue weighted by molar-refractivity contribution is -0.383. The van der Waals surface area contributed by atoms with Gasteiger partial charge in [0.1, 0.15) is 6.33 Å². The molecular formula is C21H22N8O3. The molecule has 2 aromatic heterocycles. The number of benzene rings is 1. The van der Waals surface area contributed by atoms with Gasteiger partial charge in [-0.3, -0.25) is 35.6 Å².